The predicted molar refractivity (Wildman–Crippen MR) is 92.0 cm³/mol. The van der Waals surface area contributed by atoms with E-state index in [9.17, 15) is 9.90 Å². The molecule has 23 heavy (non-hydrogen) atoms. The molecule has 0 bridgehead atoms. The van der Waals surface area contributed by atoms with Gasteiger partial charge >= 0.3 is 0 Å². The number of allylic oxidation sites excluding steroid dienone is 2. The van der Waals surface area contributed by atoms with Crippen molar-refractivity contribution in [2.24, 2.45) is 28.6 Å². The van der Waals surface area contributed by atoms with Crippen LogP contribution in [0.5, 0.6) is 0 Å². The molecule has 0 heterocycles. The van der Waals surface area contributed by atoms with E-state index in [0.29, 0.717) is 23.5 Å². The highest BCUT2D eigenvalue weighted by atomic mass is 16.3. The molecular formula is C21H32O2. The Morgan fingerprint density at radius 3 is 2.74 bits per heavy atom. The smallest absolute Gasteiger partial charge is 0.139 e. The van der Waals surface area contributed by atoms with Crippen molar-refractivity contribution < 1.29 is 9.90 Å². The van der Waals surface area contributed by atoms with Crippen LogP contribution in [0, 0.1) is 28.6 Å². The summed E-state index contributed by atoms with van der Waals surface area (Å²) in [6.45, 7) is 4.74. The molecule has 4 aliphatic carbocycles. The Kier molecular flexibility index (Phi) is 3.75. The van der Waals surface area contributed by atoms with Gasteiger partial charge in [0.2, 0.25) is 0 Å². The summed E-state index contributed by atoms with van der Waals surface area (Å²) in [4.78, 5) is 12.7. The summed E-state index contributed by atoms with van der Waals surface area (Å²) >= 11 is 0. The van der Waals surface area contributed by atoms with E-state index in [-0.39, 0.29) is 16.9 Å². The van der Waals surface area contributed by atoms with E-state index in [0.717, 1.165) is 44.9 Å². The molecule has 4 rings (SSSR count). The van der Waals surface area contributed by atoms with Gasteiger partial charge in [-0.1, -0.05) is 25.5 Å². The number of rotatable bonds is 0. The molecule has 0 aromatic heterocycles. The first-order valence-electron chi connectivity index (χ1n) is 9.87. The van der Waals surface area contributed by atoms with Crippen LogP contribution >= 0.6 is 0 Å². The molecule has 0 radical (unpaired) electrons. The quantitative estimate of drug-likeness (QED) is 0.660. The Labute approximate surface area is 140 Å². The van der Waals surface area contributed by atoms with Gasteiger partial charge in [0.15, 0.2) is 0 Å². The highest BCUT2D eigenvalue weighted by Crippen LogP contribution is 2.61. The maximum atomic E-state index is 12.7. The molecule has 0 aromatic rings. The maximum absolute atomic E-state index is 12.7. The number of Topliss-reactive ketones (excluding diaryl/α,β-unsaturated/α-hetero) is 1. The summed E-state index contributed by atoms with van der Waals surface area (Å²) in [7, 11) is 0. The van der Waals surface area contributed by atoms with E-state index in [1.807, 2.05) is 0 Å². The van der Waals surface area contributed by atoms with Crippen molar-refractivity contribution in [3.63, 3.8) is 0 Å². The van der Waals surface area contributed by atoms with Crippen molar-refractivity contribution >= 4 is 5.78 Å². The predicted octanol–water partition coefficient (Wildman–Crippen LogP) is 4.66. The Morgan fingerprint density at radius 2 is 1.91 bits per heavy atom. The zero-order valence-electron chi connectivity index (χ0n) is 14.8. The first-order valence-corrected chi connectivity index (χ1v) is 9.87. The van der Waals surface area contributed by atoms with Gasteiger partial charge in [-0.2, -0.15) is 0 Å². The standard InChI is InChI=1S/C21H32O2/c1-20-12-10-15(22)13-14(20)8-9-16-17(20)6-4-11-21(2)18(16)5-3-7-19(21)23/h6,14-16,18,22H,3-5,7-13H2,1-2H3. The number of hydrogen-bond donors (Lipinski definition) is 1. The monoisotopic (exact) mass is 316 g/mol. The van der Waals surface area contributed by atoms with E-state index in [4.69, 9.17) is 0 Å². The third-order valence-corrected chi connectivity index (χ3v) is 8.23. The molecule has 2 heteroatoms. The van der Waals surface area contributed by atoms with Crippen LogP contribution in [0.4, 0.5) is 0 Å². The lowest BCUT2D eigenvalue weighted by molar-refractivity contribution is -0.136. The second-order valence-corrected chi connectivity index (χ2v) is 9.26. The van der Waals surface area contributed by atoms with E-state index in [2.05, 4.69) is 19.9 Å². The van der Waals surface area contributed by atoms with Crippen molar-refractivity contribution in [1.82, 2.24) is 0 Å². The van der Waals surface area contributed by atoms with Gasteiger partial charge in [0.1, 0.15) is 5.78 Å². The molecule has 128 valence electrons. The molecule has 2 nitrogen and oxygen atoms in total. The van der Waals surface area contributed by atoms with Crippen molar-refractivity contribution in [2.75, 3.05) is 0 Å². The number of carbonyl (C=O) groups is 1. The summed E-state index contributed by atoms with van der Waals surface area (Å²) in [6.07, 6.45) is 13.3. The van der Waals surface area contributed by atoms with E-state index in [1.54, 1.807) is 5.57 Å². The van der Waals surface area contributed by atoms with Gasteiger partial charge in [-0.05, 0) is 81.0 Å². The third-order valence-electron chi connectivity index (χ3n) is 8.23. The van der Waals surface area contributed by atoms with Crippen molar-refractivity contribution in [3.8, 4) is 0 Å². The molecule has 0 aliphatic heterocycles. The summed E-state index contributed by atoms with van der Waals surface area (Å²) in [5.74, 6) is 2.39. The number of aliphatic hydroxyl groups excluding tert-OH is 1. The van der Waals surface area contributed by atoms with Gasteiger partial charge in [-0.25, -0.2) is 0 Å². The fourth-order valence-corrected chi connectivity index (χ4v) is 6.75. The van der Waals surface area contributed by atoms with Crippen LogP contribution in [-0.2, 0) is 4.79 Å². The zero-order chi connectivity index (χ0) is 16.2. The number of ketones is 1. The summed E-state index contributed by atoms with van der Waals surface area (Å²) in [6, 6.07) is 0. The Balaban J connectivity index is 1.70. The molecule has 0 spiro atoms. The van der Waals surface area contributed by atoms with Crippen LogP contribution < -0.4 is 0 Å². The molecule has 0 aromatic carbocycles. The highest BCUT2D eigenvalue weighted by Gasteiger charge is 2.54. The van der Waals surface area contributed by atoms with Gasteiger partial charge in [0.05, 0.1) is 6.10 Å². The minimum absolute atomic E-state index is 0.0709. The van der Waals surface area contributed by atoms with E-state index < -0.39 is 0 Å². The summed E-state index contributed by atoms with van der Waals surface area (Å²) < 4.78 is 0. The van der Waals surface area contributed by atoms with Crippen LogP contribution in [0.1, 0.15) is 78.1 Å². The lowest BCUT2D eigenvalue weighted by Crippen LogP contribution is -2.48. The Morgan fingerprint density at radius 1 is 1.09 bits per heavy atom. The topological polar surface area (TPSA) is 37.3 Å². The maximum Gasteiger partial charge on any atom is 0.139 e. The van der Waals surface area contributed by atoms with Gasteiger partial charge in [-0.15, -0.1) is 0 Å². The van der Waals surface area contributed by atoms with Gasteiger partial charge in [0.25, 0.3) is 0 Å². The number of carbonyl (C=O) groups excluding carboxylic acids is 1. The summed E-state index contributed by atoms with van der Waals surface area (Å²) in [5, 5.41) is 10.1. The first-order chi connectivity index (χ1) is 10.9. The molecule has 3 saturated carbocycles. The van der Waals surface area contributed by atoms with Crippen LogP contribution in [-0.4, -0.2) is 17.0 Å². The third kappa shape index (κ3) is 2.27. The van der Waals surface area contributed by atoms with Crippen LogP contribution in [0.2, 0.25) is 0 Å². The van der Waals surface area contributed by atoms with Crippen LogP contribution in [0.15, 0.2) is 11.6 Å². The molecule has 0 amide bonds. The lowest BCUT2D eigenvalue weighted by Gasteiger charge is -2.54. The normalized spacial score (nSPS) is 50.2. The Bertz CT molecular complexity index is 536. The van der Waals surface area contributed by atoms with Crippen molar-refractivity contribution in [3.05, 3.63) is 11.6 Å². The van der Waals surface area contributed by atoms with Crippen LogP contribution in [0.25, 0.3) is 0 Å². The lowest BCUT2D eigenvalue weighted by atomic mass is 9.50. The molecule has 1 N–H and O–H groups in total. The Hall–Kier alpha value is -0.630. The molecule has 4 aliphatic rings. The van der Waals surface area contributed by atoms with Crippen molar-refractivity contribution in [2.45, 2.75) is 84.2 Å². The van der Waals surface area contributed by atoms with E-state index in [1.165, 1.54) is 19.3 Å². The molecule has 6 unspecified atom stereocenters. The summed E-state index contributed by atoms with van der Waals surface area (Å²) in [5.41, 5.74) is 1.90. The number of hydrogen-bond acceptors (Lipinski definition) is 2. The minimum atomic E-state index is -0.0856. The van der Waals surface area contributed by atoms with E-state index >= 15 is 0 Å². The minimum Gasteiger partial charge on any atom is -0.393 e. The molecule has 3 fully saturated rings. The first kappa shape index (κ1) is 15.9. The second-order valence-electron chi connectivity index (χ2n) is 9.26. The fraction of sp³-hybridized carbons (Fsp3) is 0.857. The molecular weight excluding hydrogens is 284 g/mol. The second kappa shape index (κ2) is 5.44. The van der Waals surface area contributed by atoms with Crippen LogP contribution in [0.3, 0.4) is 0 Å². The number of fused-ring (bicyclic) bond motifs is 5. The zero-order valence-corrected chi connectivity index (χ0v) is 14.8. The highest BCUT2D eigenvalue weighted by molar-refractivity contribution is 5.85. The largest absolute Gasteiger partial charge is 0.393 e. The fourth-order valence-electron chi connectivity index (χ4n) is 6.75. The number of aliphatic hydroxyl groups is 1. The molecule has 0 saturated heterocycles. The van der Waals surface area contributed by atoms with Gasteiger partial charge < -0.3 is 5.11 Å². The van der Waals surface area contributed by atoms with Crippen molar-refractivity contribution in [1.29, 1.82) is 0 Å². The average molecular weight is 316 g/mol. The SMILES string of the molecule is CC12CCC(O)CC1CCC1C2=CCCC2(C)C(=O)CCCC12. The average Bonchev–Trinajstić information content (AvgIpc) is 2.67. The van der Waals surface area contributed by atoms with Gasteiger partial charge in [0, 0.05) is 11.8 Å². The van der Waals surface area contributed by atoms with Gasteiger partial charge in [-0.3, -0.25) is 4.79 Å². The molecule has 6 atom stereocenters.